The fourth-order valence-electron chi connectivity index (χ4n) is 2.98. The molecular formula is C25H25N3O4. The van der Waals surface area contributed by atoms with E-state index in [0.29, 0.717) is 13.2 Å². The first-order chi connectivity index (χ1) is 15.6. The van der Waals surface area contributed by atoms with E-state index in [9.17, 15) is 14.4 Å². The van der Waals surface area contributed by atoms with Gasteiger partial charge in [0.25, 0.3) is 5.91 Å². The Balaban J connectivity index is 1.56. The quantitative estimate of drug-likeness (QED) is 0.477. The highest BCUT2D eigenvalue weighted by atomic mass is 16.5. The number of ether oxygens (including phenoxy) is 1. The standard InChI is InChI=1S/C25H25N3O4/c1-2-32-20-14-12-19(13-15-20)17-27-24(30)25(31)28-22-11-7-6-10-21(22)23(29)26-16-18-8-4-3-5-9-18/h3-15H,2,16-17H2,1H3,(H,26,29)(H,27,30)(H,28,31). The Kier molecular flexibility index (Phi) is 7.97. The number of carbonyl (C=O) groups excluding carboxylic acids is 3. The van der Waals surface area contributed by atoms with Crippen LogP contribution in [0.5, 0.6) is 5.75 Å². The zero-order valence-corrected chi connectivity index (χ0v) is 17.8. The van der Waals surface area contributed by atoms with Gasteiger partial charge in [0.2, 0.25) is 0 Å². The van der Waals surface area contributed by atoms with Crippen molar-refractivity contribution in [1.82, 2.24) is 10.6 Å². The molecule has 7 heteroatoms. The molecule has 0 aliphatic rings. The van der Waals surface area contributed by atoms with E-state index in [0.717, 1.165) is 16.9 Å². The van der Waals surface area contributed by atoms with Crippen molar-refractivity contribution in [3.05, 3.63) is 95.6 Å². The third-order valence-corrected chi connectivity index (χ3v) is 4.61. The molecule has 0 saturated carbocycles. The van der Waals surface area contributed by atoms with Crippen LogP contribution in [0, 0.1) is 0 Å². The number of nitrogens with one attached hydrogen (secondary N) is 3. The molecule has 0 bridgehead atoms. The average Bonchev–Trinajstić information content (AvgIpc) is 2.83. The van der Waals surface area contributed by atoms with E-state index >= 15 is 0 Å². The molecule has 0 heterocycles. The van der Waals surface area contributed by atoms with Crippen LogP contribution in [-0.2, 0) is 22.7 Å². The molecule has 3 amide bonds. The van der Waals surface area contributed by atoms with Crippen molar-refractivity contribution in [3.63, 3.8) is 0 Å². The van der Waals surface area contributed by atoms with Gasteiger partial charge in [-0.3, -0.25) is 14.4 Å². The highest BCUT2D eigenvalue weighted by molar-refractivity contribution is 6.40. The second-order valence-corrected chi connectivity index (χ2v) is 6.93. The van der Waals surface area contributed by atoms with Gasteiger partial charge in [-0.25, -0.2) is 0 Å². The van der Waals surface area contributed by atoms with Crippen LogP contribution in [0.15, 0.2) is 78.9 Å². The van der Waals surface area contributed by atoms with E-state index < -0.39 is 11.8 Å². The smallest absolute Gasteiger partial charge is 0.313 e. The van der Waals surface area contributed by atoms with Crippen LogP contribution >= 0.6 is 0 Å². The van der Waals surface area contributed by atoms with Crippen LogP contribution in [0.4, 0.5) is 5.69 Å². The predicted molar refractivity (Wildman–Crippen MR) is 122 cm³/mol. The SMILES string of the molecule is CCOc1ccc(CNC(=O)C(=O)Nc2ccccc2C(=O)NCc2ccccc2)cc1. The van der Waals surface area contributed by atoms with Crippen molar-refractivity contribution < 1.29 is 19.1 Å². The number of amides is 3. The summed E-state index contributed by atoms with van der Waals surface area (Å²) in [6, 6.07) is 23.3. The minimum absolute atomic E-state index is 0.192. The Morgan fingerprint density at radius 3 is 2.06 bits per heavy atom. The van der Waals surface area contributed by atoms with Crippen LogP contribution in [-0.4, -0.2) is 24.3 Å². The Morgan fingerprint density at radius 1 is 0.719 bits per heavy atom. The normalized spacial score (nSPS) is 10.2. The summed E-state index contributed by atoms with van der Waals surface area (Å²) in [6.07, 6.45) is 0. The fraction of sp³-hybridized carbons (Fsp3) is 0.160. The first-order valence-electron chi connectivity index (χ1n) is 10.3. The molecule has 0 aliphatic heterocycles. The van der Waals surface area contributed by atoms with E-state index in [4.69, 9.17) is 4.74 Å². The lowest BCUT2D eigenvalue weighted by Gasteiger charge is -2.12. The van der Waals surface area contributed by atoms with E-state index in [1.807, 2.05) is 49.4 Å². The number of benzene rings is 3. The molecule has 3 aromatic carbocycles. The van der Waals surface area contributed by atoms with Crippen molar-refractivity contribution >= 4 is 23.4 Å². The molecular weight excluding hydrogens is 406 g/mol. The van der Waals surface area contributed by atoms with E-state index in [1.165, 1.54) is 0 Å². The van der Waals surface area contributed by atoms with Crippen LogP contribution in [0.1, 0.15) is 28.4 Å². The lowest BCUT2D eigenvalue weighted by molar-refractivity contribution is -0.136. The average molecular weight is 431 g/mol. The van der Waals surface area contributed by atoms with Gasteiger partial charge < -0.3 is 20.7 Å². The zero-order chi connectivity index (χ0) is 22.8. The molecule has 0 spiro atoms. The number of hydrogen-bond acceptors (Lipinski definition) is 4. The molecule has 0 saturated heterocycles. The number of carbonyl (C=O) groups is 3. The van der Waals surface area contributed by atoms with Crippen LogP contribution < -0.4 is 20.7 Å². The monoisotopic (exact) mass is 431 g/mol. The topological polar surface area (TPSA) is 96.5 Å². The lowest BCUT2D eigenvalue weighted by atomic mass is 10.1. The molecule has 0 atom stereocenters. The number of rotatable bonds is 8. The van der Waals surface area contributed by atoms with Crippen molar-refractivity contribution in [2.24, 2.45) is 0 Å². The highest BCUT2D eigenvalue weighted by Gasteiger charge is 2.17. The van der Waals surface area contributed by atoms with Crippen molar-refractivity contribution in [2.75, 3.05) is 11.9 Å². The maximum Gasteiger partial charge on any atom is 0.313 e. The third kappa shape index (κ3) is 6.43. The second kappa shape index (κ2) is 11.3. The van der Waals surface area contributed by atoms with E-state index in [-0.39, 0.29) is 23.7 Å². The highest BCUT2D eigenvalue weighted by Crippen LogP contribution is 2.15. The van der Waals surface area contributed by atoms with Gasteiger partial charge in [-0.1, -0.05) is 54.6 Å². The number of para-hydroxylation sites is 1. The Morgan fingerprint density at radius 2 is 1.34 bits per heavy atom. The first kappa shape index (κ1) is 22.6. The summed E-state index contributed by atoms with van der Waals surface area (Å²) < 4.78 is 5.38. The van der Waals surface area contributed by atoms with Crippen molar-refractivity contribution in [2.45, 2.75) is 20.0 Å². The summed E-state index contributed by atoms with van der Waals surface area (Å²) in [5.74, 6) is -1.25. The minimum Gasteiger partial charge on any atom is -0.494 e. The van der Waals surface area contributed by atoms with Gasteiger partial charge in [0, 0.05) is 13.1 Å². The number of hydrogen-bond donors (Lipinski definition) is 3. The molecule has 0 unspecified atom stereocenters. The largest absolute Gasteiger partial charge is 0.494 e. The molecule has 7 nitrogen and oxygen atoms in total. The van der Waals surface area contributed by atoms with Crippen LogP contribution in [0.3, 0.4) is 0 Å². The van der Waals surface area contributed by atoms with Crippen LogP contribution in [0.25, 0.3) is 0 Å². The van der Waals surface area contributed by atoms with Crippen molar-refractivity contribution in [3.8, 4) is 5.75 Å². The maximum absolute atomic E-state index is 12.6. The summed E-state index contributed by atoms with van der Waals surface area (Å²) in [6.45, 7) is 3.02. The molecule has 164 valence electrons. The summed E-state index contributed by atoms with van der Waals surface area (Å²) in [7, 11) is 0. The Hall–Kier alpha value is -4.13. The summed E-state index contributed by atoms with van der Waals surface area (Å²) in [5.41, 5.74) is 2.32. The molecule has 0 radical (unpaired) electrons. The molecule has 3 aromatic rings. The molecule has 3 rings (SSSR count). The summed E-state index contributed by atoms with van der Waals surface area (Å²) in [5, 5.41) is 7.91. The minimum atomic E-state index is -0.848. The fourth-order valence-corrected chi connectivity index (χ4v) is 2.98. The molecule has 32 heavy (non-hydrogen) atoms. The van der Waals surface area contributed by atoms with Gasteiger partial charge >= 0.3 is 11.8 Å². The molecule has 0 fully saturated rings. The van der Waals surface area contributed by atoms with Gasteiger partial charge in [0.15, 0.2) is 0 Å². The van der Waals surface area contributed by atoms with E-state index in [2.05, 4.69) is 16.0 Å². The van der Waals surface area contributed by atoms with Gasteiger partial charge in [-0.2, -0.15) is 0 Å². The predicted octanol–water partition coefficient (Wildman–Crippen LogP) is 3.27. The Bertz CT molecular complexity index is 1070. The first-order valence-corrected chi connectivity index (χ1v) is 10.3. The third-order valence-electron chi connectivity index (χ3n) is 4.61. The summed E-state index contributed by atoms with van der Waals surface area (Å²) >= 11 is 0. The Labute approximate surface area is 186 Å². The second-order valence-electron chi connectivity index (χ2n) is 6.93. The van der Waals surface area contributed by atoms with Gasteiger partial charge in [-0.05, 0) is 42.3 Å². The number of anilines is 1. The van der Waals surface area contributed by atoms with E-state index in [1.54, 1.807) is 36.4 Å². The zero-order valence-electron chi connectivity index (χ0n) is 17.8. The van der Waals surface area contributed by atoms with Gasteiger partial charge in [0.05, 0.1) is 17.9 Å². The molecule has 0 aliphatic carbocycles. The lowest BCUT2D eigenvalue weighted by Crippen LogP contribution is -2.35. The van der Waals surface area contributed by atoms with Crippen molar-refractivity contribution in [1.29, 1.82) is 0 Å². The molecule has 3 N–H and O–H groups in total. The van der Waals surface area contributed by atoms with Gasteiger partial charge in [-0.15, -0.1) is 0 Å². The van der Waals surface area contributed by atoms with Gasteiger partial charge in [0.1, 0.15) is 5.75 Å². The maximum atomic E-state index is 12.6. The van der Waals surface area contributed by atoms with Crippen LogP contribution in [0.2, 0.25) is 0 Å². The summed E-state index contributed by atoms with van der Waals surface area (Å²) in [4.78, 5) is 37.2. The molecule has 0 aromatic heterocycles.